The summed E-state index contributed by atoms with van der Waals surface area (Å²) >= 11 is 0.962. The number of amides is 2. The number of benzene rings is 1. The topological polar surface area (TPSA) is 86.1 Å². The van der Waals surface area contributed by atoms with Crippen molar-refractivity contribution in [3.8, 4) is 6.07 Å². The SMILES string of the molecule is N#C[C@@H]1CC(F)(F)CN1C(=O)CNC(=O)c1csc(Cc2cc(F)c(F)cc2F)n1. The van der Waals surface area contributed by atoms with Crippen LogP contribution < -0.4 is 5.32 Å². The van der Waals surface area contributed by atoms with E-state index in [-0.39, 0.29) is 22.7 Å². The smallest absolute Gasteiger partial charge is 0.271 e. The van der Waals surface area contributed by atoms with E-state index in [4.69, 9.17) is 5.26 Å². The molecule has 158 valence electrons. The lowest BCUT2D eigenvalue weighted by Gasteiger charge is -2.19. The summed E-state index contributed by atoms with van der Waals surface area (Å²) in [6.45, 7) is -1.52. The molecular formula is C18H13F5N4O2S. The van der Waals surface area contributed by atoms with Gasteiger partial charge in [-0.2, -0.15) is 5.26 Å². The molecule has 1 fully saturated rings. The van der Waals surface area contributed by atoms with Crippen molar-refractivity contribution in [2.24, 2.45) is 0 Å². The summed E-state index contributed by atoms with van der Waals surface area (Å²) in [5.74, 6) is -8.30. The van der Waals surface area contributed by atoms with Crippen molar-refractivity contribution in [3.63, 3.8) is 0 Å². The first-order chi connectivity index (χ1) is 14.1. The molecule has 1 N–H and O–H groups in total. The van der Waals surface area contributed by atoms with E-state index in [2.05, 4.69) is 10.3 Å². The molecular weight excluding hydrogens is 431 g/mol. The van der Waals surface area contributed by atoms with Gasteiger partial charge in [0.2, 0.25) is 5.91 Å². The minimum atomic E-state index is -3.17. The third kappa shape index (κ3) is 4.73. The molecule has 2 aromatic rings. The van der Waals surface area contributed by atoms with E-state index in [0.717, 1.165) is 11.3 Å². The van der Waals surface area contributed by atoms with Crippen molar-refractivity contribution in [2.45, 2.75) is 24.8 Å². The van der Waals surface area contributed by atoms with Gasteiger partial charge in [0.1, 0.15) is 17.6 Å². The Labute approximate surface area is 170 Å². The number of nitrogens with one attached hydrogen (secondary N) is 1. The van der Waals surface area contributed by atoms with Crippen LogP contribution in [0.25, 0.3) is 0 Å². The van der Waals surface area contributed by atoms with Crippen LogP contribution in [0.4, 0.5) is 22.0 Å². The molecule has 12 heteroatoms. The van der Waals surface area contributed by atoms with Gasteiger partial charge in [-0.3, -0.25) is 9.59 Å². The Morgan fingerprint density at radius 2 is 1.97 bits per heavy atom. The number of rotatable bonds is 5. The summed E-state index contributed by atoms with van der Waals surface area (Å²) in [6.07, 6.45) is -0.953. The molecule has 1 saturated heterocycles. The van der Waals surface area contributed by atoms with Gasteiger partial charge in [0.25, 0.3) is 11.8 Å². The number of thiazole rings is 1. The molecule has 1 aromatic heterocycles. The third-order valence-electron chi connectivity index (χ3n) is 4.35. The molecule has 1 aromatic carbocycles. The highest BCUT2D eigenvalue weighted by atomic mass is 32.1. The molecule has 1 atom stereocenters. The van der Waals surface area contributed by atoms with Gasteiger partial charge in [0.15, 0.2) is 11.6 Å². The zero-order valence-corrected chi connectivity index (χ0v) is 15.9. The normalized spacial score (nSPS) is 17.6. The largest absolute Gasteiger partial charge is 0.342 e. The third-order valence-corrected chi connectivity index (χ3v) is 5.20. The summed E-state index contributed by atoms with van der Waals surface area (Å²) < 4.78 is 66.8. The van der Waals surface area contributed by atoms with Crippen molar-refractivity contribution in [3.05, 3.63) is 51.2 Å². The maximum Gasteiger partial charge on any atom is 0.271 e. The summed E-state index contributed by atoms with van der Waals surface area (Å²) in [5, 5.41) is 12.7. The first-order valence-electron chi connectivity index (χ1n) is 8.52. The monoisotopic (exact) mass is 444 g/mol. The van der Waals surface area contributed by atoms with E-state index in [1.54, 1.807) is 6.07 Å². The Bertz CT molecular complexity index is 1040. The zero-order valence-electron chi connectivity index (χ0n) is 15.1. The molecule has 6 nitrogen and oxygen atoms in total. The second-order valence-electron chi connectivity index (χ2n) is 6.57. The number of halogens is 5. The van der Waals surface area contributed by atoms with Gasteiger partial charge in [-0.1, -0.05) is 0 Å². The molecule has 0 radical (unpaired) electrons. The molecule has 2 amide bonds. The highest BCUT2D eigenvalue weighted by Crippen LogP contribution is 2.31. The van der Waals surface area contributed by atoms with Crippen LogP contribution in [0, 0.1) is 28.8 Å². The summed E-state index contributed by atoms with van der Waals surface area (Å²) in [4.78, 5) is 28.9. The Morgan fingerprint density at radius 1 is 1.27 bits per heavy atom. The van der Waals surface area contributed by atoms with Crippen LogP contribution in [0.3, 0.4) is 0 Å². The minimum Gasteiger partial charge on any atom is -0.342 e. The molecule has 1 aliphatic rings. The lowest BCUT2D eigenvalue weighted by atomic mass is 10.1. The highest BCUT2D eigenvalue weighted by Gasteiger charge is 2.47. The maximum absolute atomic E-state index is 13.7. The maximum atomic E-state index is 13.7. The van der Waals surface area contributed by atoms with E-state index >= 15 is 0 Å². The Kier molecular flexibility index (Phi) is 6.02. The summed E-state index contributed by atoms with van der Waals surface area (Å²) in [6, 6.07) is 1.46. The second kappa shape index (κ2) is 8.35. The summed E-state index contributed by atoms with van der Waals surface area (Å²) in [7, 11) is 0. The molecule has 3 rings (SSSR count). The number of nitrogens with zero attached hydrogens (tertiary/aromatic N) is 3. The fraction of sp³-hybridized carbons (Fsp3) is 0.333. The fourth-order valence-corrected chi connectivity index (χ4v) is 3.70. The Morgan fingerprint density at radius 3 is 2.67 bits per heavy atom. The van der Waals surface area contributed by atoms with E-state index in [1.165, 1.54) is 5.38 Å². The number of nitriles is 1. The number of carbonyl (C=O) groups excluding carboxylic acids is 2. The van der Waals surface area contributed by atoms with E-state index < -0.39 is 60.7 Å². The van der Waals surface area contributed by atoms with Gasteiger partial charge in [0, 0.05) is 24.3 Å². The van der Waals surface area contributed by atoms with Crippen molar-refractivity contribution < 1.29 is 31.5 Å². The van der Waals surface area contributed by atoms with Crippen LogP contribution in [0.15, 0.2) is 17.5 Å². The van der Waals surface area contributed by atoms with Crippen LogP contribution in [0.1, 0.15) is 27.5 Å². The predicted octanol–water partition coefficient (Wildman–Crippen LogP) is 2.64. The van der Waals surface area contributed by atoms with Gasteiger partial charge in [-0.25, -0.2) is 26.9 Å². The Balaban J connectivity index is 1.60. The van der Waals surface area contributed by atoms with Crippen molar-refractivity contribution in [2.75, 3.05) is 13.1 Å². The number of aromatic nitrogens is 1. The molecule has 0 spiro atoms. The van der Waals surface area contributed by atoms with E-state index in [1.807, 2.05) is 0 Å². The number of hydrogen-bond acceptors (Lipinski definition) is 5. The summed E-state index contributed by atoms with van der Waals surface area (Å²) in [5.41, 5.74) is -0.266. The van der Waals surface area contributed by atoms with Crippen LogP contribution >= 0.6 is 11.3 Å². The van der Waals surface area contributed by atoms with Crippen LogP contribution in [0.2, 0.25) is 0 Å². The average molecular weight is 444 g/mol. The Hall–Kier alpha value is -3.07. The predicted molar refractivity (Wildman–Crippen MR) is 94.2 cm³/mol. The molecule has 0 aliphatic carbocycles. The van der Waals surface area contributed by atoms with Gasteiger partial charge < -0.3 is 10.2 Å². The highest BCUT2D eigenvalue weighted by molar-refractivity contribution is 7.09. The van der Waals surface area contributed by atoms with Crippen LogP contribution in [-0.2, 0) is 11.2 Å². The quantitative estimate of drug-likeness (QED) is 0.568. The zero-order chi connectivity index (χ0) is 22.1. The van der Waals surface area contributed by atoms with Gasteiger partial charge in [0.05, 0.1) is 24.2 Å². The minimum absolute atomic E-state index is 0.116. The van der Waals surface area contributed by atoms with Gasteiger partial charge in [-0.15, -0.1) is 11.3 Å². The van der Waals surface area contributed by atoms with Crippen molar-refractivity contribution in [1.82, 2.24) is 15.2 Å². The van der Waals surface area contributed by atoms with Crippen molar-refractivity contribution >= 4 is 23.2 Å². The average Bonchev–Trinajstić information content (AvgIpc) is 3.27. The molecule has 0 unspecified atom stereocenters. The van der Waals surface area contributed by atoms with Crippen molar-refractivity contribution in [1.29, 1.82) is 5.26 Å². The second-order valence-corrected chi connectivity index (χ2v) is 7.51. The molecule has 1 aliphatic heterocycles. The van der Waals surface area contributed by atoms with Gasteiger partial charge in [-0.05, 0) is 11.6 Å². The van der Waals surface area contributed by atoms with Gasteiger partial charge >= 0.3 is 0 Å². The number of carbonyl (C=O) groups is 2. The van der Waals surface area contributed by atoms with Crippen LogP contribution in [-0.4, -0.2) is 46.8 Å². The lowest BCUT2D eigenvalue weighted by Crippen LogP contribution is -2.43. The number of alkyl halides is 2. The number of hydrogen-bond donors (Lipinski definition) is 1. The number of likely N-dealkylation sites (tertiary alicyclic amines) is 1. The van der Waals surface area contributed by atoms with Crippen LogP contribution in [0.5, 0.6) is 0 Å². The first kappa shape index (κ1) is 21.6. The van der Waals surface area contributed by atoms with E-state index in [9.17, 15) is 31.5 Å². The van der Waals surface area contributed by atoms with E-state index in [0.29, 0.717) is 17.0 Å². The lowest BCUT2D eigenvalue weighted by molar-refractivity contribution is -0.131. The first-order valence-corrected chi connectivity index (χ1v) is 9.40. The molecule has 2 heterocycles. The fourth-order valence-electron chi connectivity index (χ4n) is 2.90. The molecule has 0 saturated carbocycles. The standard InChI is InChI=1S/C18H13F5N4O2S/c19-11-3-13(21)12(20)1-9(11)2-15-26-14(7-30-15)17(29)25-6-16(28)27-8-18(22,23)4-10(27)5-24/h1,3,7,10H,2,4,6,8H2,(H,25,29)/t10-/m0/s1. The molecule has 30 heavy (non-hydrogen) atoms. The molecule has 0 bridgehead atoms.